The van der Waals surface area contributed by atoms with Gasteiger partial charge in [0, 0.05) is 25.6 Å². The van der Waals surface area contributed by atoms with Gasteiger partial charge in [0.1, 0.15) is 5.70 Å². The van der Waals surface area contributed by atoms with Crippen molar-refractivity contribution >= 4 is 17.8 Å². The summed E-state index contributed by atoms with van der Waals surface area (Å²) in [6.45, 7) is 6.23. The van der Waals surface area contributed by atoms with Crippen LogP contribution in [0.25, 0.3) is 0 Å². The molecule has 0 spiro atoms. The van der Waals surface area contributed by atoms with Crippen LogP contribution in [0.15, 0.2) is 16.3 Å². The van der Waals surface area contributed by atoms with Crippen LogP contribution in [0.3, 0.4) is 0 Å². The molecule has 0 bridgehead atoms. The van der Waals surface area contributed by atoms with Gasteiger partial charge >= 0.3 is 5.97 Å². The number of carbonyl (C=O) groups excluding carboxylic acids is 1. The van der Waals surface area contributed by atoms with E-state index in [0.29, 0.717) is 19.0 Å². The average Bonchev–Trinajstić information content (AvgIpc) is 3.08. The van der Waals surface area contributed by atoms with Crippen LogP contribution in [0, 0.1) is 17.8 Å². The van der Waals surface area contributed by atoms with Crippen LogP contribution in [-0.2, 0) is 9.59 Å². The highest BCUT2D eigenvalue weighted by Crippen LogP contribution is 2.47. The van der Waals surface area contributed by atoms with Gasteiger partial charge < -0.3 is 26.6 Å². The molecule has 0 saturated carbocycles. The molecule has 2 fully saturated rings. The molecule has 9 nitrogen and oxygen atoms in total. The van der Waals surface area contributed by atoms with Crippen LogP contribution in [0.5, 0.6) is 0 Å². The second kappa shape index (κ2) is 6.88. The zero-order chi connectivity index (χ0) is 19.2. The molecule has 26 heavy (non-hydrogen) atoms. The van der Waals surface area contributed by atoms with Gasteiger partial charge in [-0.15, -0.1) is 0 Å². The average molecular weight is 365 g/mol. The second-order valence-corrected chi connectivity index (χ2v) is 7.59. The number of nitrogens with zero attached hydrogens (tertiary/aromatic N) is 3. The Morgan fingerprint density at radius 3 is 2.69 bits per heavy atom. The molecule has 0 aromatic carbocycles. The zero-order valence-electron chi connectivity index (χ0n) is 15.1. The van der Waals surface area contributed by atoms with Crippen molar-refractivity contribution in [3.8, 4) is 0 Å². The maximum absolute atomic E-state index is 12.3. The molecule has 144 valence electrons. The molecule has 5 atom stereocenters. The number of rotatable bonds is 6. The summed E-state index contributed by atoms with van der Waals surface area (Å²) in [6.07, 6.45) is 0.166. The fourth-order valence-corrected chi connectivity index (χ4v) is 4.53. The monoisotopic (exact) mass is 365 g/mol. The number of carboxylic acid groups (broad SMARTS) is 1. The topological polar surface area (TPSA) is 145 Å². The van der Waals surface area contributed by atoms with E-state index in [0.717, 1.165) is 25.1 Å². The van der Waals surface area contributed by atoms with E-state index in [1.165, 1.54) is 4.90 Å². The minimum atomic E-state index is -1.08. The van der Waals surface area contributed by atoms with Crippen molar-refractivity contribution in [1.29, 1.82) is 0 Å². The largest absolute Gasteiger partial charge is 0.477 e. The third-order valence-electron chi connectivity index (χ3n) is 5.81. The van der Waals surface area contributed by atoms with E-state index in [9.17, 15) is 19.8 Å². The van der Waals surface area contributed by atoms with Crippen LogP contribution in [0.2, 0.25) is 0 Å². The van der Waals surface area contributed by atoms with E-state index < -0.39 is 18.0 Å². The minimum Gasteiger partial charge on any atom is -0.477 e. The Morgan fingerprint density at radius 1 is 1.42 bits per heavy atom. The Labute approximate surface area is 152 Å². The molecule has 1 amide bonds. The summed E-state index contributed by atoms with van der Waals surface area (Å²) in [4.78, 5) is 31.8. The normalized spacial score (nSPS) is 32.4. The van der Waals surface area contributed by atoms with E-state index in [-0.39, 0.29) is 29.5 Å². The lowest BCUT2D eigenvalue weighted by Crippen LogP contribution is -2.63. The highest BCUT2D eigenvalue weighted by atomic mass is 16.4. The van der Waals surface area contributed by atoms with Crippen molar-refractivity contribution < 1.29 is 19.8 Å². The van der Waals surface area contributed by atoms with Gasteiger partial charge in [0.05, 0.1) is 18.1 Å². The summed E-state index contributed by atoms with van der Waals surface area (Å²) in [6, 6.07) is -0.261. The van der Waals surface area contributed by atoms with Crippen molar-refractivity contribution in [3.63, 3.8) is 0 Å². The number of aliphatic imine (C=N–C) groups is 1. The van der Waals surface area contributed by atoms with E-state index in [1.807, 2.05) is 6.92 Å². The smallest absolute Gasteiger partial charge is 0.352 e. The maximum atomic E-state index is 12.3. The summed E-state index contributed by atoms with van der Waals surface area (Å²) >= 11 is 0. The highest BCUT2D eigenvalue weighted by molar-refractivity contribution is 6.00. The molecule has 3 aliphatic rings. The number of carbonyl (C=O) groups is 2. The third-order valence-corrected chi connectivity index (χ3v) is 5.81. The molecule has 2 saturated heterocycles. The third kappa shape index (κ3) is 3.05. The van der Waals surface area contributed by atoms with E-state index >= 15 is 0 Å². The Bertz CT molecular complexity index is 670. The lowest BCUT2D eigenvalue weighted by Gasteiger charge is -2.46. The fraction of sp³-hybridized carbons (Fsp3) is 0.706. The number of guanidine groups is 1. The summed E-state index contributed by atoms with van der Waals surface area (Å²) in [5.41, 5.74) is 11.6. The number of nitrogens with two attached hydrogens (primary N) is 2. The molecular formula is C17H27N5O4. The van der Waals surface area contributed by atoms with Crippen molar-refractivity contribution in [2.45, 2.75) is 32.4 Å². The van der Waals surface area contributed by atoms with Crippen LogP contribution >= 0.6 is 0 Å². The van der Waals surface area contributed by atoms with E-state index in [4.69, 9.17) is 11.5 Å². The fourth-order valence-electron chi connectivity index (χ4n) is 4.53. The van der Waals surface area contributed by atoms with Crippen LogP contribution < -0.4 is 11.5 Å². The number of aliphatic hydroxyl groups is 1. The first-order valence-electron chi connectivity index (χ1n) is 8.97. The van der Waals surface area contributed by atoms with Gasteiger partial charge in [-0.05, 0) is 31.4 Å². The number of carboxylic acids is 1. The van der Waals surface area contributed by atoms with Gasteiger partial charge in [-0.1, -0.05) is 6.92 Å². The van der Waals surface area contributed by atoms with Crippen LogP contribution in [-0.4, -0.2) is 76.2 Å². The molecular weight excluding hydrogens is 338 g/mol. The summed E-state index contributed by atoms with van der Waals surface area (Å²) in [7, 11) is 0. The number of hydrogen-bond donors (Lipinski definition) is 4. The van der Waals surface area contributed by atoms with Gasteiger partial charge in [0.2, 0.25) is 5.91 Å². The Balaban J connectivity index is 1.74. The molecule has 3 rings (SSSR count). The summed E-state index contributed by atoms with van der Waals surface area (Å²) in [5, 5.41) is 19.5. The van der Waals surface area contributed by atoms with Gasteiger partial charge in [0.15, 0.2) is 5.96 Å². The second-order valence-electron chi connectivity index (χ2n) is 7.59. The molecule has 9 heteroatoms. The number of aliphatic carboxylic acids is 1. The van der Waals surface area contributed by atoms with Crippen molar-refractivity contribution in [1.82, 2.24) is 9.80 Å². The van der Waals surface area contributed by atoms with Gasteiger partial charge in [0.25, 0.3) is 0 Å². The first-order valence-corrected chi connectivity index (χ1v) is 8.97. The van der Waals surface area contributed by atoms with Crippen LogP contribution in [0.4, 0.5) is 0 Å². The maximum Gasteiger partial charge on any atom is 0.352 e. The van der Waals surface area contributed by atoms with E-state index in [2.05, 4.69) is 9.89 Å². The van der Waals surface area contributed by atoms with E-state index in [1.54, 1.807) is 6.92 Å². The molecule has 0 aliphatic carbocycles. The lowest BCUT2D eigenvalue weighted by atomic mass is 9.77. The van der Waals surface area contributed by atoms with Crippen molar-refractivity contribution in [2.75, 3.05) is 26.2 Å². The Hall–Kier alpha value is -2.13. The lowest BCUT2D eigenvalue weighted by molar-refractivity contribution is -0.163. The summed E-state index contributed by atoms with van der Waals surface area (Å²) in [5.74, 6) is -1.57. The molecule has 6 N–H and O–H groups in total. The number of fused-ring (bicyclic) bond motifs is 1. The van der Waals surface area contributed by atoms with Gasteiger partial charge in [-0.2, -0.15) is 0 Å². The first-order chi connectivity index (χ1) is 12.2. The number of amides is 1. The summed E-state index contributed by atoms with van der Waals surface area (Å²) < 4.78 is 0. The minimum absolute atomic E-state index is 0.0794. The predicted octanol–water partition coefficient (Wildman–Crippen LogP) is -1.22. The SMILES string of the molecule is C[C@@H](O)[C@H]1C(=O)N2C(C(=O)O)=C(CN3CC[C@H](CN=C(N)N)C3)[C@H](C)[C@H]12. The number of hydrogen-bond acceptors (Lipinski definition) is 5. The Morgan fingerprint density at radius 2 is 2.12 bits per heavy atom. The van der Waals surface area contributed by atoms with Crippen molar-refractivity contribution in [2.24, 2.45) is 34.2 Å². The predicted molar refractivity (Wildman–Crippen MR) is 94.9 cm³/mol. The van der Waals surface area contributed by atoms with Crippen LogP contribution in [0.1, 0.15) is 20.3 Å². The first kappa shape index (κ1) is 18.7. The van der Waals surface area contributed by atoms with Gasteiger partial charge in [-0.3, -0.25) is 14.7 Å². The molecule has 0 radical (unpaired) electrons. The molecule has 3 aliphatic heterocycles. The molecule has 0 unspecified atom stereocenters. The number of β-lactam (4-membered cyclic amide) rings is 1. The quantitative estimate of drug-likeness (QED) is 0.262. The zero-order valence-corrected chi connectivity index (χ0v) is 15.1. The molecule has 0 aromatic heterocycles. The molecule has 3 heterocycles. The standard InChI is InChI=1S/C17H27N5O4/c1-8-11(7-21-4-3-10(6-21)5-20-17(18)19)14(16(25)26)22-13(8)12(9(2)23)15(22)24/h8-10,12-13,23H,3-7H2,1-2H3,(H,25,26)(H4,18,19,20)/t8-,9+,10+,12+,13+/m0/s1. The van der Waals surface area contributed by atoms with Gasteiger partial charge in [-0.25, -0.2) is 4.79 Å². The molecule has 0 aromatic rings. The number of aliphatic hydroxyl groups excluding tert-OH is 1. The highest BCUT2D eigenvalue weighted by Gasteiger charge is 2.59. The van der Waals surface area contributed by atoms with Crippen molar-refractivity contribution in [3.05, 3.63) is 11.3 Å². The Kier molecular flexibility index (Phi) is 4.94. The number of likely N-dealkylation sites (tertiary alicyclic amines) is 1.